The molecule has 88 valence electrons. The second-order valence-electron chi connectivity index (χ2n) is 3.93. The van der Waals surface area contributed by atoms with Gasteiger partial charge in [0.15, 0.2) is 11.6 Å². The Balaban J connectivity index is 2.34. The van der Waals surface area contributed by atoms with Gasteiger partial charge < -0.3 is 10.5 Å². The van der Waals surface area contributed by atoms with Gasteiger partial charge in [-0.15, -0.1) is 0 Å². The molecule has 0 fully saturated rings. The number of rotatable bonds is 2. The first-order valence-corrected chi connectivity index (χ1v) is 5.22. The lowest BCUT2D eigenvalue weighted by Gasteiger charge is -2.09. The van der Waals surface area contributed by atoms with Crippen molar-refractivity contribution in [1.82, 2.24) is 4.98 Å². The second-order valence-corrected chi connectivity index (χ2v) is 3.93. The zero-order valence-corrected chi connectivity index (χ0v) is 9.70. The first-order chi connectivity index (χ1) is 8.06. The van der Waals surface area contributed by atoms with E-state index in [9.17, 15) is 4.39 Å². The molecule has 0 amide bonds. The molecule has 2 N–H and O–H groups in total. The molecule has 1 aromatic heterocycles. The van der Waals surface area contributed by atoms with Gasteiger partial charge in [0, 0.05) is 5.56 Å². The Kier molecular flexibility index (Phi) is 2.95. The summed E-state index contributed by atoms with van der Waals surface area (Å²) < 4.78 is 18.9. The molecule has 2 aromatic rings. The third-order valence-electron chi connectivity index (χ3n) is 2.34. The summed E-state index contributed by atoms with van der Waals surface area (Å²) in [7, 11) is 0. The van der Waals surface area contributed by atoms with Crippen LogP contribution in [0.5, 0.6) is 11.6 Å². The fourth-order valence-corrected chi connectivity index (χ4v) is 1.48. The number of nitrogens with two attached hydrogens (primary N) is 1. The zero-order chi connectivity index (χ0) is 12.4. The minimum Gasteiger partial charge on any atom is -0.436 e. The van der Waals surface area contributed by atoms with Crippen molar-refractivity contribution in [3.05, 3.63) is 47.4 Å². The number of aromatic nitrogens is 1. The van der Waals surface area contributed by atoms with E-state index in [1.807, 2.05) is 13.8 Å². The van der Waals surface area contributed by atoms with Crippen molar-refractivity contribution >= 4 is 5.69 Å². The zero-order valence-electron chi connectivity index (χ0n) is 9.70. The number of ether oxygens (including phenoxy) is 1. The van der Waals surface area contributed by atoms with Crippen molar-refractivity contribution in [2.45, 2.75) is 13.8 Å². The highest BCUT2D eigenvalue weighted by Gasteiger charge is 2.08. The van der Waals surface area contributed by atoms with Crippen LogP contribution in [0.1, 0.15) is 11.1 Å². The van der Waals surface area contributed by atoms with Gasteiger partial charge in [0.2, 0.25) is 5.88 Å². The second kappa shape index (κ2) is 4.41. The van der Waals surface area contributed by atoms with Gasteiger partial charge in [0.1, 0.15) is 0 Å². The maximum Gasteiger partial charge on any atom is 0.222 e. The number of nitrogen functional groups attached to an aromatic ring is 1. The van der Waals surface area contributed by atoms with Crippen molar-refractivity contribution in [3.63, 3.8) is 0 Å². The van der Waals surface area contributed by atoms with E-state index in [-0.39, 0.29) is 5.75 Å². The molecule has 0 aliphatic carbocycles. The van der Waals surface area contributed by atoms with Gasteiger partial charge in [-0.05, 0) is 37.6 Å². The lowest BCUT2D eigenvalue weighted by molar-refractivity contribution is 0.424. The number of aryl methyl sites for hydroxylation is 2. The normalized spacial score (nSPS) is 10.3. The molecule has 0 aliphatic rings. The summed E-state index contributed by atoms with van der Waals surface area (Å²) in [6, 6.07) is 6.42. The summed E-state index contributed by atoms with van der Waals surface area (Å²) in [5, 5.41) is 0. The number of anilines is 1. The number of pyridine rings is 1. The molecule has 1 heterocycles. The quantitative estimate of drug-likeness (QED) is 0.864. The average Bonchev–Trinajstić information content (AvgIpc) is 2.27. The van der Waals surface area contributed by atoms with Gasteiger partial charge in [-0.2, -0.15) is 0 Å². The fourth-order valence-electron chi connectivity index (χ4n) is 1.48. The molecule has 4 heteroatoms. The van der Waals surface area contributed by atoms with Crippen molar-refractivity contribution in [3.8, 4) is 11.6 Å². The van der Waals surface area contributed by atoms with Crippen LogP contribution < -0.4 is 10.5 Å². The van der Waals surface area contributed by atoms with Crippen molar-refractivity contribution < 1.29 is 9.13 Å². The van der Waals surface area contributed by atoms with Gasteiger partial charge >= 0.3 is 0 Å². The summed E-state index contributed by atoms with van der Waals surface area (Å²) in [6.07, 6.45) is 1.48. The highest BCUT2D eigenvalue weighted by molar-refractivity contribution is 5.43. The summed E-state index contributed by atoms with van der Waals surface area (Å²) in [5.41, 5.74) is 7.83. The Morgan fingerprint density at radius 3 is 2.71 bits per heavy atom. The number of halogens is 1. The molecule has 0 atom stereocenters. The predicted octanol–water partition coefficient (Wildman–Crippen LogP) is 3.21. The predicted molar refractivity (Wildman–Crippen MR) is 64.6 cm³/mol. The minimum atomic E-state index is -0.409. The molecule has 0 bridgehead atoms. The standard InChI is InChI=1S/C13H13FN2O/c1-8-3-4-11(14)12(5-8)17-13-9(2)6-10(15)7-16-13/h3-7H,15H2,1-2H3. The number of nitrogens with zero attached hydrogens (tertiary/aromatic N) is 1. The molecular weight excluding hydrogens is 219 g/mol. The SMILES string of the molecule is Cc1ccc(F)c(Oc2ncc(N)cc2C)c1. The molecular formula is C13H13FN2O. The minimum absolute atomic E-state index is 0.172. The van der Waals surface area contributed by atoms with E-state index >= 15 is 0 Å². The van der Waals surface area contributed by atoms with E-state index in [0.29, 0.717) is 11.6 Å². The molecule has 2 rings (SSSR count). The largest absolute Gasteiger partial charge is 0.436 e. The fraction of sp³-hybridized carbons (Fsp3) is 0.154. The summed E-state index contributed by atoms with van der Waals surface area (Å²) in [6.45, 7) is 3.68. The van der Waals surface area contributed by atoms with Crippen LogP contribution in [0.3, 0.4) is 0 Å². The Hall–Kier alpha value is -2.10. The van der Waals surface area contributed by atoms with Crippen LogP contribution in [0.2, 0.25) is 0 Å². The van der Waals surface area contributed by atoms with Gasteiger partial charge in [-0.1, -0.05) is 6.07 Å². The Bertz CT molecular complexity index is 555. The third kappa shape index (κ3) is 2.53. The lowest BCUT2D eigenvalue weighted by atomic mass is 10.2. The Morgan fingerprint density at radius 2 is 2.00 bits per heavy atom. The number of hydrogen-bond acceptors (Lipinski definition) is 3. The first-order valence-electron chi connectivity index (χ1n) is 5.22. The first kappa shape index (κ1) is 11.4. The van der Waals surface area contributed by atoms with Crippen molar-refractivity contribution in [2.24, 2.45) is 0 Å². The average molecular weight is 232 g/mol. The number of benzene rings is 1. The van der Waals surface area contributed by atoms with Gasteiger partial charge in [0.05, 0.1) is 11.9 Å². The topological polar surface area (TPSA) is 48.1 Å². The molecule has 1 aromatic carbocycles. The van der Waals surface area contributed by atoms with Gasteiger partial charge in [-0.25, -0.2) is 9.37 Å². The van der Waals surface area contributed by atoms with E-state index in [4.69, 9.17) is 10.5 Å². The maximum absolute atomic E-state index is 13.5. The van der Waals surface area contributed by atoms with Crippen LogP contribution >= 0.6 is 0 Å². The Morgan fingerprint density at radius 1 is 1.24 bits per heavy atom. The third-order valence-corrected chi connectivity index (χ3v) is 2.34. The molecule has 3 nitrogen and oxygen atoms in total. The van der Waals surface area contributed by atoms with E-state index in [0.717, 1.165) is 11.1 Å². The summed E-state index contributed by atoms with van der Waals surface area (Å²) in [4.78, 5) is 4.03. The number of hydrogen-bond donors (Lipinski definition) is 1. The molecule has 0 unspecified atom stereocenters. The molecule has 0 spiro atoms. The molecule has 0 saturated carbocycles. The van der Waals surface area contributed by atoms with E-state index < -0.39 is 5.82 Å². The molecule has 0 saturated heterocycles. The van der Waals surface area contributed by atoms with Crippen LogP contribution in [0.4, 0.5) is 10.1 Å². The lowest BCUT2D eigenvalue weighted by Crippen LogP contribution is -1.96. The Labute approximate surface area is 99.1 Å². The van der Waals surface area contributed by atoms with E-state index in [2.05, 4.69) is 4.98 Å². The smallest absolute Gasteiger partial charge is 0.222 e. The van der Waals surface area contributed by atoms with Crippen LogP contribution in [0, 0.1) is 19.7 Å². The van der Waals surface area contributed by atoms with Crippen molar-refractivity contribution in [1.29, 1.82) is 0 Å². The summed E-state index contributed by atoms with van der Waals surface area (Å²) >= 11 is 0. The highest BCUT2D eigenvalue weighted by Crippen LogP contribution is 2.26. The van der Waals surface area contributed by atoms with Crippen LogP contribution in [-0.4, -0.2) is 4.98 Å². The maximum atomic E-state index is 13.5. The monoisotopic (exact) mass is 232 g/mol. The van der Waals surface area contributed by atoms with Gasteiger partial charge in [-0.3, -0.25) is 0 Å². The molecule has 0 aliphatic heterocycles. The van der Waals surface area contributed by atoms with E-state index in [1.54, 1.807) is 18.2 Å². The van der Waals surface area contributed by atoms with E-state index in [1.165, 1.54) is 12.3 Å². The molecule has 17 heavy (non-hydrogen) atoms. The van der Waals surface area contributed by atoms with Crippen LogP contribution in [-0.2, 0) is 0 Å². The van der Waals surface area contributed by atoms with Gasteiger partial charge in [0.25, 0.3) is 0 Å². The van der Waals surface area contributed by atoms with Crippen LogP contribution in [0.15, 0.2) is 30.5 Å². The van der Waals surface area contributed by atoms with Crippen molar-refractivity contribution in [2.75, 3.05) is 5.73 Å². The highest BCUT2D eigenvalue weighted by atomic mass is 19.1. The molecule has 0 radical (unpaired) electrons. The summed E-state index contributed by atoms with van der Waals surface area (Å²) in [5.74, 6) is 0.127. The van der Waals surface area contributed by atoms with Crippen LogP contribution in [0.25, 0.3) is 0 Å².